The minimum Gasteiger partial charge on any atom is -0.390 e. The van der Waals surface area contributed by atoms with E-state index in [4.69, 9.17) is 9.47 Å². The molecule has 0 spiro atoms. The molecular formula is C50H99NO8. The number of carbonyl (C=O) groups is 1. The Hall–Kier alpha value is -0.810. The molecule has 0 aromatic rings. The van der Waals surface area contributed by atoms with Gasteiger partial charge >= 0.3 is 0 Å². The first-order chi connectivity index (χ1) is 28.7. The van der Waals surface area contributed by atoms with Crippen LogP contribution in [0, 0.1) is 0 Å². The van der Waals surface area contributed by atoms with E-state index < -0.39 is 49.0 Å². The fraction of sp³-hybridized carbons (Fsp3) is 0.980. The van der Waals surface area contributed by atoms with E-state index in [1.54, 1.807) is 6.92 Å². The summed E-state index contributed by atoms with van der Waals surface area (Å²) < 4.78 is 11.3. The van der Waals surface area contributed by atoms with Gasteiger partial charge in [-0.05, 0) is 19.8 Å². The molecule has 1 saturated heterocycles. The van der Waals surface area contributed by atoms with E-state index in [1.807, 2.05) is 0 Å². The summed E-state index contributed by atoms with van der Waals surface area (Å²) in [5.41, 5.74) is 0. The van der Waals surface area contributed by atoms with Crippen molar-refractivity contribution >= 4 is 5.91 Å². The number of amides is 1. The molecule has 0 aromatic carbocycles. The highest BCUT2D eigenvalue weighted by Crippen LogP contribution is 2.23. The number of nitrogens with one attached hydrogen (secondary N) is 1. The molecule has 1 aliphatic heterocycles. The minimum atomic E-state index is -1.49. The van der Waals surface area contributed by atoms with Gasteiger partial charge in [-0.3, -0.25) is 4.79 Å². The first-order valence-electron chi connectivity index (χ1n) is 25.7. The lowest BCUT2D eigenvalue weighted by molar-refractivity contribution is -0.295. The Balaban J connectivity index is 2.23. The highest BCUT2D eigenvalue weighted by Gasteiger charge is 2.43. The number of unbranched alkanes of at least 4 members (excludes halogenated alkanes) is 33. The van der Waals surface area contributed by atoms with Gasteiger partial charge in [0, 0.05) is 6.42 Å². The molecule has 0 aromatic heterocycles. The summed E-state index contributed by atoms with van der Waals surface area (Å²) in [7, 11) is 0. The van der Waals surface area contributed by atoms with Crippen LogP contribution < -0.4 is 5.32 Å². The van der Waals surface area contributed by atoms with Crippen LogP contribution in [0.1, 0.15) is 258 Å². The fourth-order valence-electron chi connectivity index (χ4n) is 8.56. The summed E-state index contributed by atoms with van der Waals surface area (Å²) in [5, 5.41) is 55.7. The van der Waals surface area contributed by atoms with Crippen LogP contribution in [0.15, 0.2) is 0 Å². The molecule has 59 heavy (non-hydrogen) atoms. The van der Waals surface area contributed by atoms with Gasteiger partial charge in [-0.15, -0.1) is 0 Å². The monoisotopic (exact) mass is 842 g/mol. The second kappa shape index (κ2) is 40.0. The van der Waals surface area contributed by atoms with E-state index in [9.17, 15) is 30.3 Å². The third-order valence-corrected chi connectivity index (χ3v) is 12.8. The van der Waals surface area contributed by atoms with Gasteiger partial charge in [-0.25, -0.2) is 0 Å². The Morgan fingerprint density at radius 3 is 1.22 bits per heavy atom. The lowest BCUT2D eigenvalue weighted by Gasteiger charge is -2.39. The quantitative estimate of drug-likeness (QED) is 0.0332. The molecule has 0 radical (unpaired) electrons. The third-order valence-electron chi connectivity index (χ3n) is 12.8. The molecule has 9 heteroatoms. The standard InChI is InChI=1S/C50H99NO8/c1-4-6-8-10-12-14-16-18-19-20-21-22-23-24-25-26-27-28-30-32-34-36-38-40-45(53)51-43(41-58-50-49(57)48(56)46(54)42(3)59-50)47(55)44(52)39-37-35-33-31-29-17-15-13-11-9-7-5-2/h42-44,46-50,52,54-57H,4-41H2,1-3H3,(H,51,53)/t42?,43-,44+,46-,47-,48-,49?,50-/m0/s1. The molecule has 9 nitrogen and oxygen atoms in total. The highest BCUT2D eigenvalue weighted by molar-refractivity contribution is 5.76. The molecule has 8 atom stereocenters. The number of aliphatic hydroxyl groups is 5. The summed E-state index contributed by atoms with van der Waals surface area (Å²) in [6, 6.07) is -0.922. The minimum absolute atomic E-state index is 0.215. The molecule has 2 unspecified atom stereocenters. The van der Waals surface area contributed by atoms with Crippen LogP contribution in [-0.4, -0.2) is 87.0 Å². The lowest BCUT2D eigenvalue weighted by Crippen LogP contribution is -2.58. The van der Waals surface area contributed by atoms with Gasteiger partial charge in [-0.1, -0.05) is 232 Å². The zero-order valence-corrected chi connectivity index (χ0v) is 38.9. The van der Waals surface area contributed by atoms with Crippen molar-refractivity contribution in [2.24, 2.45) is 0 Å². The van der Waals surface area contributed by atoms with Crippen molar-refractivity contribution in [1.29, 1.82) is 0 Å². The number of aliphatic hydroxyl groups excluding tert-OH is 5. The van der Waals surface area contributed by atoms with E-state index >= 15 is 0 Å². The zero-order valence-electron chi connectivity index (χ0n) is 38.9. The van der Waals surface area contributed by atoms with E-state index in [1.165, 1.54) is 186 Å². The van der Waals surface area contributed by atoms with Crippen LogP contribution in [0.25, 0.3) is 0 Å². The maximum absolute atomic E-state index is 13.0. The zero-order chi connectivity index (χ0) is 43.2. The maximum atomic E-state index is 13.0. The predicted octanol–water partition coefficient (Wildman–Crippen LogP) is 11.5. The molecule has 1 amide bonds. The number of carbonyl (C=O) groups excluding carboxylic acids is 1. The first kappa shape index (κ1) is 56.2. The molecule has 0 saturated carbocycles. The second-order valence-electron chi connectivity index (χ2n) is 18.5. The fourth-order valence-corrected chi connectivity index (χ4v) is 8.56. The average molecular weight is 842 g/mol. The first-order valence-corrected chi connectivity index (χ1v) is 25.7. The van der Waals surface area contributed by atoms with Crippen molar-refractivity contribution in [2.75, 3.05) is 6.61 Å². The van der Waals surface area contributed by atoms with Crippen LogP contribution in [0.4, 0.5) is 0 Å². The van der Waals surface area contributed by atoms with Gasteiger partial charge < -0.3 is 40.3 Å². The van der Waals surface area contributed by atoms with Gasteiger partial charge in [0.1, 0.15) is 24.4 Å². The molecule has 0 bridgehead atoms. The smallest absolute Gasteiger partial charge is 0.220 e. The van der Waals surface area contributed by atoms with Crippen molar-refractivity contribution in [3.05, 3.63) is 0 Å². The summed E-state index contributed by atoms with van der Waals surface area (Å²) in [4.78, 5) is 13.0. The normalized spacial score (nSPS) is 21.1. The van der Waals surface area contributed by atoms with Crippen molar-refractivity contribution in [3.8, 4) is 0 Å². The molecule has 1 fully saturated rings. The highest BCUT2D eigenvalue weighted by atomic mass is 16.7. The number of hydrogen-bond acceptors (Lipinski definition) is 8. The second-order valence-corrected chi connectivity index (χ2v) is 18.5. The predicted molar refractivity (Wildman–Crippen MR) is 244 cm³/mol. The van der Waals surface area contributed by atoms with E-state index in [0.717, 1.165) is 38.5 Å². The third kappa shape index (κ3) is 30.8. The lowest BCUT2D eigenvalue weighted by atomic mass is 9.98. The SMILES string of the molecule is CCCCCCCCCCCCCCCCCCCCCCCCCC(=O)N[C@@H](CO[C@H]1OC(C)[C@H](O)[C@H](O)C1O)[C@H](O)[C@H](O)CCCCCCCCCCCCCC. The Morgan fingerprint density at radius 1 is 0.508 bits per heavy atom. The van der Waals surface area contributed by atoms with Crippen LogP contribution in [-0.2, 0) is 14.3 Å². The summed E-state index contributed by atoms with van der Waals surface area (Å²) in [6.45, 7) is 5.88. The van der Waals surface area contributed by atoms with Crippen molar-refractivity contribution in [2.45, 2.75) is 307 Å². The van der Waals surface area contributed by atoms with Crippen LogP contribution in [0.5, 0.6) is 0 Å². The maximum Gasteiger partial charge on any atom is 0.220 e. The Kier molecular flexibility index (Phi) is 38.1. The number of rotatable bonds is 43. The Labute approximate surface area is 364 Å². The van der Waals surface area contributed by atoms with Crippen molar-refractivity contribution in [3.63, 3.8) is 0 Å². The van der Waals surface area contributed by atoms with Gasteiger partial charge in [0.15, 0.2) is 6.29 Å². The number of hydrogen-bond donors (Lipinski definition) is 6. The average Bonchev–Trinajstić information content (AvgIpc) is 3.23. The molecule has 6 N–H and O–H groups in total. The molecule has 1 heterocycles. The summed E-state index contributed by atoms with van der Waals surface area (Å²) >= 11 is 0. The summed E-state index contributed by atoms with van der Waals surface area (Å²) in [5.74, 6) is -0.215. The summed E-state index contributed by atoms with van der Waals surface area (Å²) in [6.07, 6.45) is 37.1. The number of ether oxygens (including phenoxy) is 2. The topological polar surface area (TPSA) is 149 Å². The van der Waals surface area contributed by atoms with Crippen molar-refractivity contribution in [1.82, 2.24) is 5.32 Å². The molecule has 0 aliphatic carbocycles. The van der Waals surface area contributed by atoms with Crippen LogP contribution in [0.3, 0.4) is 0 Å². The van der Waals surface area contributed by atoms with Crippen LogP contribution in [0.2, 0.25) is 0 Å². The molecule has 1 aliphatic rings. The Morgan fingerprint density at radius 2 is 0.847 bits per heavy atom. The molecule has 1 rings (SSSR count). The van der Waals surface area contributed by atoms with Gasteiger partial charge in [-0.2, -0.15) is 0 Å². The van der Waals surface area contributed by atoms with E-state index in [2.05, 4.69) is 19.2 Å². The molecule has 352 valence electrons. The van der Waals surface area contributed by atoms with E-state index in [-0.39, 0.29) is 12.5 Å². The molecular weight excluding hydrogens is 743 g/mol. The van der Waals surface area contributed by atoms with Gasteiger partial charge in [0.05, 0.1) is 24.9 Å². The largest absolute Gasteiger partial charge is 0.390 e. The van der Waals surface area contributed by atoms with Crippen molar-refractivity contribution < 1.29 is 39.8 Å². The van der Waals surface area contributed by atoms with E-state index in [0.29, 0.717) is 12.8 Å². The van der Waals surface area contributed by atoms with Gasteiger partial charge in [0.25, 0.3) is 0 Å². The van der Waals surface area contributed by atoms with Gasteiger partial charge in [0.2, 0.25) is 5.91 Å². The Bertz CT molecular complexity index is 910. The van der Waals surface area contributed by atoms with Crippen LogP contribution >= 0.6 is 0 Å².